The minimum Gasteiger partial charge on any atom is -0.348 e. The zero-order valence-electron chi connectivity index (χ0n) is 13.7. The van der Waals surface area contributed by atoms with E-state index in [1.807, 2.05) is 16.5 Å². The van der Waals surface area contributed by atoms with Gasteiger partial charge in [-0.3, -0.25) is 9.89 Å². The molecule has 0 aliphatic rings. The summed E-state index contributed by atoms with van der Waals surface area (Å²) < 4.78 is 38.4. The summed E-state index contributed by atoms with van der Waals surface area (Å²) in [5, 5.41) is 9.66. The molecule has 0 fully saturated rings. The van der Waals surface area contributed by atoms with Crippen LogP contribution in [0.25, 0.3) is 0 Å². The lowest BCUT2D eigenvalue weighted by molar-refractivity contribution is -0.141. The summed E-state index contributed by atoms with van der Waals surface area (Å²) in [5.41, 5.74) is -0.674. The van der Waals surface area contributed by atoms with E-state index in [-0.39, 0.29) is 6.54 Å². The van der Waals surface area contributed by atoms with Gasteiger partial charge >= 0.3 is 6.18 Å². The first-order chi connectivity index (χ1) is 11.2. The number of hydrogen-bond acceptors (Lipinski definition) is 3. The van der Waals surface area contributed by atoms with Crippen molar-refractivity contribution in [2.45, 2.75) is 45.8 Å². The highest BCUT2D eigenvalue weighted by atomic mass is 32.1. The number of H-pyrrole nitrogens is 1. The molecule has 1 amide bonds. The largest absolute Gasteiger partial charge is 0.433 e. The molecule has 0 aliphatic heterocycles. The van der Waals surface area contributed by atoms with E-state index >= 15 is 0 Å². The number of rotatable bonds is 6. The topological polar surface area (TPSA) is 57.8 Å². The van der Waals surface area contributed by atoms with Gasteiger partial charge in [0.15, 0.2) is 5.69 Å². The molecule has 0 bridgehead atoms. The fourth-order valence-corrected chi connectivity index (χ4v) is 3.68. The first kappa shape index (κ1) is 18.5. The summed E-state index contributed by atoms with van der Waals surface area (Å²) in [5.74, 6) is 0.103. The molecule has 2 rings (SSSR count). The van der Waals surface area contributed by atoms with Gasteiger partial charge in [0.25, 0.3) is 5.91 Å². The van der Waals surface area contributed by atoms with Crippen LogP contribution >= 0.6 is 11.3 Å². The molecule has 2 heterocycles. The average Bonchev–Trinajstić information content (AvgIpc) is 3.12. The number of amides is 1. The van der Waals surface area contributed by atoms with Gasteiger partial charge in [0.05, 0.1) is 11.8 Å². The van der Waals surface area contributed by atoms with Gasteiger partial charge in [-0.1, -0.05) is 20.8 Å². The second-order valence-corrected chi connectivity index (χ2v) is 7.13. The van der Waals surface area contributed by atoms with E-state index in [2.05, 4.69) is 31.2 Å². The van der Waals surface area contributed by atoms with Gasteiger partial charge in [0.2, 0.25) is 0 Å². The van der Waals surface area contributed by atoms with Crippen molar-refractivity contribution in [2.24, 2.45) is 5.92 Å². The highest BCUT2D eigenvalue weighted by Gasteiger charge is 2.37. The van der Waals surface area contributed by atoms with Gasteiger partial charge in [0, 0.05) is 11.4 Å². The second kappa shape index (κ2) is 7.38. The number of halogens is 3. The Balaban J connectivity index is 2.06. The Morgan fingerprint density at radius 1 is 1.38 bits per heavy atom. The van der Waals surface area contributed by atoms with Gasteiger partial charge < -0.3 is 5.32 Å². The zero-order chi connectivity index (χ0) is 17.9. The number of aromatic nitrogens is 2. The monoisotopic (exact) mass is 359 g/mol. The van der Waals surface area contributed by atoms with Crippen molar-refractivity contribution in [3.63, 3.8) is 0 Å². The number of alkyl halides is 3. The number of hydrogen-bond donors (Lipinski definition) is 2. The Labute approximate surface area is 142 Å². The number of carbonyl (C=O) groups is 1. The van der Waals surface area contributed by atoms with Crippen LogP contribution in [0.15, 0.2) is 17.6 Å². The Morgan fingerprint density at radius 3 is 2.71 bits per heavy atom. The molecule has 24 heavy (non-hydrogen) atoms. The first-order valence-corrected chi connectivity index (χ1v) is 8.53. The lowest BCUT2D eigenvalue weighted by Gasteiger charge is -2.15. The maximum atomic E-state index is 12.8. The summed E-state index contributed by atoms with van der Waals surface area (Å²) in [6, 6.07) is 1.90. The smallest absolute Gasteiger partial charge is 0.348 e. The fraction of sp³-hybridized carbons (Fsp3) is 0.500. The Kier molecular flexibility index (Phi) is 5.69. The number of thiophene rings is 1. The highest BCUT2D eigenvalue weighted by molar-refractivity contribution is 7.10. The van der Waals surface area contributed by atoms with Crippen LogP contribution in [0.1, 0.15) is 59.6 Å². The van der Waals surface area contributed by atoms with Gasteiger partial charge in [-0.05, 0) is 35.3 Å². The second-order valence-electron chi connectivity index (χ2n) is 6.18. The molecule has 0 saturated carbocycles. The molecule has 4 nitrogen and oxygen atoms in total. The molecule has 2 N–H and O–H groups in total. The molecule has 0 aliphatic carbocycles. The molecule has 2 aromatic rings. The third-order valence-corrected chi connectivity index (χ3v) is 4.85. The molecule has 0 aromatic carbocycles. The molecule has 132 valence electrons. The van der Waals surface area contributed by atoms with Gasteiger partial charge in [-0.2, -0.15) is 18.3 Å². The van der Waals surface area contributed by atoms with Crippen molar-refractivity contribution in [1.29, 1.82) is 0 Å². The van der Waals surface area contributed by atoms with Crippen molar-refractivity contribution >= 4 is 17.2 Å². The maximum Gasteiger partial charge on any atom is 0.433 e. The van der Waals surface area contributed by atoms with Gasteiger partial charge in [0.1, 0.15) is 0 Å². The van der Waals surface area contributed by atoms with Crippen LogP contribution in [0.3, 0.4) is 0 Å². The van der Waals surface area contributed by atoms with Crippen molar-refractivity contribution in [3.8, 4) is 0 Å². The molecular formula is C16H20F3N3OS. The normalized spacial score (nSPS) is 13.3. The van der Waals surface area contributed by atoms with Crippen LogP contribution < -0.4 is 5.32 Å². The zero-order valence-corrected chi connectivity index (χ0v) is 14.5. The van der Waals surface area contributed by atoms with Crippen LogP contribution in [-0.4, -0.2) is 16.1 Å². The summed E-state index contributed by atoms with van der Waals surface area (Å²) in [6.07, 6.45) is -2.72. The summed E-state index contributed by atoms with van der Waals surface area (Å²) in [4.78, 5) is 13.2. The summed E-state index contributed by atoms with van der Waals surface area (Å²) in [6.45, 7) is 6.60. The van der Waals surface area contributed by atoms with E-state index in [1.54, 1.807) is 11.3 Å². The predicted molar refractivity (Wildman–Crippen MR) is 86.9 cm³/mol. The summed E-state index contributed by atoms with van der Waals surface area (Å²) in [7, 11) is 0. The van der Waals surface area contributed by atoms with Crippen molar-refractivity contribution in [1.82, 2.24) is 15.5 Å². The SMILES string of the molecule is CC(C)CC(C)c1sccc1CNC(=O)c1cn[nH]c1C(F)(F)F. The third kappa shape index (κ3) is 4.37. The minimum atomic E-state index is -4.64. The van der Waals surface area contributed by atoms with Gasteiger partial charge in [-0.25, -0.2) is 0 Å². The van der Waals surface area contributed by atoms with Crippen LogP contribution in [0.5, 0.6) is 0 Å². The van der Waals surface area contributed by atoms with E-state index in [0.717, 1.165) is 23.1 Å². The lowest BCUT2D eigenvalue weighted by atomic mass is 9.95. The standard InChI is InChI=1S/C16H20F3N3OS/c1-9(2)6-10(3)13-11(4-5-24-13)7-20-15(23)12-8-21-22-14(12)16(17,18)19/h4-5,8-10H,6-7H2,1-3H3,(H,20,23)(H,21,22). The van der Waals surface area contributed by atoms with Crippen LogP contribution in [0.4, 0.5) is 13.2 Å². The van der Waals surface area contributed by atoms with Crippen LogP contribution in [0, 0.1) is 5.92 Å². The molecule has 1 unspecified atom stereocenters. The minimum absolute atomic E-state index is 0.197. The highest BCUT2D eigenvalue weighted by Crippen LogP contribution is 2.32. The Bertz CT molecular complexity index is 691. The van der Waals surface area contributed by atoms with Crippen molar-refractivity contribution in [2.75, 3.05) is 0 Å². The van der Waals surface area contributed by atoms with E-state index in [0.29, 0.717) is 11.8 Å². The van der Waals surface area contributed by atoms with Crippen LogP contribution in [-0.2, 0) is 12.7 Å². The van der Waals surface area contributed by atoms with Crippen molar-refractivity contribution < 1.29 is 18.0 Å². The molecule has 0 spiro atoms. The Morgan fingerprint density at radius 2 is 2.08 bits per heavy atom. The van der Waals surface area contributed by atoms with Crippen molar-refractivity contribution in [3.05, 3.63) is 39.3 Å². The Hall–Kier alpha value is -1.83. The van der Waals surface area contributed by atoms with E-state index in [4.69, 9.17) is 0 Å². The lowest BCUT2D eigenvalue weighted by Crippen LogP contribution is -2.25. The summed E-state index contributed by atoms with van der Waals surface area (Å²) >= 11 is 1.61. The van der Waals surface area contributed by atoms with Crippen LogP contribution in [0.2, 0.25) is 0 Å². The molecule has 8 heteroatoms. The number of nitrogens with zero attached hydrogens (tertiary/aromatic N) is 1. The quantitative estimate of drug-likeness (QED) is 0.794. The predicted octanol–water partition coefficient (Wildman–Crippen LogP) is 4.57. The first-order valence-electron chi connectivity index (χ1n) is 7.65. The maximum absolute atomic E-state index is 12.8. The molecule has 0 saturated heterocycles. The molecule has 1 atom stereocenters. The fourth-order valence-electron chi connectivity index (χ4n) is 2.69. The average molecular weight is 359 g/mol. The molecular weight excluding hydrogens is 339 g/mol. The molecule has 2 aromatic heterocycles. The van der Waals surface area contributed by atoms with Gasteiger partial charge in [-0.15, -0.1) is 11.3 Å². The number of aromatic amines is 1. The number of carbonyl (C=O) groups excluding carboxylic acids is 1. The van der Waals surface area contributed by atoms with E-state index in [9.17, 15) is 18.0 Å². The van der Waals surface area contributed by atoms with E-state index < -0.39 is 23.3 Å². The third-order valence-electron chi connectivity index (χ3n) is 3.66. The number of nitrogens with one attached hydrogen (secondary N) is 2. The molecule has 0 radical (unpaired) electrons. The van der Waals surface area contributed by atoms with E-state index in [1.165, 1.54) is 0 Å².